The number of amides is 2. The average Bonchev–Trinajstić information content (AvgIpc) is 2.98. The number of carbonyl (C=O) groups is 2. The van der Waals surface area contributed by atoms with Gasteiger partial charge < -0.3 is 10.0 Å². The number of rotatable bonds is 4. The minimum atomic E-state index is -0.857. The van der Waals surface area contributed by atoms with Crippen LogP contribution in [-0.4, -0.2) is 41.0 Å². The van der Waals surface area contributed by atoms with Gasteiger partial charge in [0.05, 0.1) is 19.2 Å². The van der Waals surface area contributed by atoms with Crippen molar-refractivity contribution in [2.24, 2.45) is 11.8 Å². The highest BCUT2D eigenvalue weighted by Crippen LogP contribution is 2.33. The van der Waals surface area contributed by atoms with Crippen molar-refractivity contribution in [3.8, 4) is 5.75 Å². The molecule has 1 aromatic carbocycles. The van der Waals surface area contributed by atoms with Crippen molar-refractivity contribution in [1.29, 1.82) is 0 Å². The number of benzene rings is 1. The van der Waals surface area contributed by atoms with Crippen LogP contribution in [0.3, 0.4) is 0 Å². The first-order chi connectivity index (χ1) is 12.4. The lowest BCUT2D eigenvalue weighted by molar-refractivity contribution is -0.174. The predicted octanol–water partition coefficient (Wildman–Crippen LogP) is 2.83. The molecule has 0 spiro atoms. The van der Waals surface area contributed by atoms with E-state index in [1.54, 1.807) is 19.3 Å². The third-order valence-electron chi connectivity index (χ3n) is 5.27. The predicted molar refractivity (Wildman–Crippen MR) is 92.3 cm³/mol. The number of phenolic OH excluding ortho intramolecular Hbond substituents is 1. The molecule has 26 heavy (non-hydrogen) atoms. The highest BCUT2D eigenvalue weighted by Gasteiger charge is 2.31. The van der Waals surface area contributed by atoms with Crippen molar-refractivity contribution in [2.45, 2.75) is 32.2 Å². The van der Waals surface area contributed by atoms with Crippen molar-refractivity contribution < 1.29 is 23.9 Å². The van der Waals surface area contributed by atoms with Gasteiger partial charge in [0.1, 0.15) is 0 Å². The number of hydroxylamine groups is 2. The van der Waals surface area contributed by atoms with Gasteiger partial charge >= 0.3 is 0 Å². The standard InChI is InChI=1S/C19H23FN2O4/c1-21(26-2)18(24)13-5-3-12(4-6-13)9-10-22-11-14-7-8-15(23)17(20)16(14)19(22)25/h7-10,12-13,23H,3-6,11H2,1-2H3. The minimum Gasteiger partial charge on any atom is -0.505 e. The molecule has 2 aliphatic rings. The molecule has 0 radical (unpaired) electrons. The van der Waals surface area contributed by atoms with Gasteiger partial charge in [-0.3, -0.25) is 14.4 Å². The Bertz CT molecular complexity index is 741. The summed E-state index contributed by atoms with van der Waals surface area (Å²) in [6.07, 6.45) is 6.93. The number of hydrogen-bond acceptors (Lipinski definition) is 4. The van der Waals surface area contributed by atoms with E-state index in [0.29, 0.717) is 12.1 Å². The normalized spacial score (nSPS) is 22.7. The quantitative estimate of drug-likeness (QED) is 0.836. The van der Waals surface area contributed by atoms with Gasteiger partial charge in [-0.25, -0.2) is 9.45 Å². The number of fused-ring (bicyclic) bond motifs is 1. The molecule has 0 bridgehead atoms. The zero-order valence-electron chi connectivity index (χ0n) is 14.9. The van der Waals surface area contributed by atoms with Crippen LogP contribution in [0.5, 0.6) is 5.75 Å². The van der Waals surface area contributed by atoms with Gasteiger partial charge in [0.2, 0.25) is 5.91 Å². The number of allylic oxidation sites excluding steroid dienone is 1. The number of hydrogen-bond donors (Lipinski definition) is 1. The van der Waals surface area contributed by atoms with Gasteiger partial charge in [0.15, 0.2) is 11.6 Å². The summed E-state index contributed by atoms with van der Waals surface area (Å²) in [6, 6.07) is 2.84. The van der Waals surface area contributed by atoms with Crippen molar-refractivity contribution in [3.63, 3.8) is 0 Å². The molecule has 1 saturated carbocycles. The van der Waals surface area contributed by atoms with Crippen LogP contribution in [0.4, 0.5) is 4.39 Å². The number of nitrogens with zero attached hydrogens (tertiary/aromatic N) is 2. The van der Waals surface area contributed by atoms with Crippen LogP contribution in [0.15, 0.2) is 24.4 Å². The molecule has 1 aliphatic heterocycles. The van der Waals surface area contributed by atoms with Crippen LogP contribution < -0.4 is 0 Å². The molecule has 0 unspecified atom stereocenters. The lowest BCUT2D eigenvalue weighted by atomic mass is 9.81. The van der Waals surface area contributed by atoms with Gasteiger partial charge in [0, 0.05) is 19.2 Å². The van der Waals surface area contributed by atoms with Crippen LogP contribution in [-0.2, 0) is 16.2 Å². The molecule has 3 rings (SSSR count). The van der Waals surface area contributed by atoms with Crippen LogP contribution in [0.1, 0.15) is 41.6 Å². The molecule has 0 saturated heterocycles. The largest absolute Gasteiger partial charge is 0.505 e. The van der Waals surface area contributed by atoms with Crippen LogP contribution in [0, 0.1) is 17.7 Å². The van der Waals surface area contributed by atoms with E-state index in [1.807, 2.05) is 6.08 Å². The summed E-state index contributed by atoms with van der Waals surface area (Å²) < 4.78 is 14.0. The van der Waals surface area contributed by atoms with Crippen molar-refractivity contribution in [1.82, 2.24) is 9.96 Å². The maximum absolute atomic E-state index is 14.0. The lowest BCUT2D eigenvalue weighted by Gasteiger charge is -2.28. The van der Waals surface area contributed by atoms with Crippen LogP contribution in [0.2, 0.25) is 0 Å². The smallest absolute Gasteiger partial charge is 0.261 e. The van der Waals surface area contributed by atoms with E-state index < -0.39 is 17.5 Å². The van der Waals surface area contributed by atoms with Crippen molar-refractivity contribution in [2.75, 3.05) is 14.2 Å². The zero-order chi connectivity index (χ0) is 18.8. The van der Waals surface area contributed by atoms with Gasteiger partial charge in [-0.05, 0) is 43.2 Å². The van der Waals surface area contributed by atoms with E-state index in [-0.39, 0.29) is 23.3 Å². The van der Waals surface area contributed by atoms with Crippen LogP contribution >= 0.6 is 0 Å². The summed E-state index contributed by atoms with van der Waals surface area (Å²) in [4.78, 5) is 30.9. The van der Waals surface area contributed by atoms with E-state index in [0.717, 1.165) is 25.7 Å². The monoisotopic (exact) mass is 362 g/mol. The number of phenols is 1. The second kappa shape index (κ2) is 7.45. The average molecular weight is 362 g/mol. The molecule has 1 aliphatic carbocycles. The summed E-state index contributed by atoms with van der Waals surface area (Å²) in [7, 11) is 3.09. The Kier molecular flexibility index (Phi) is 5.27. The highest BCUT2D eigenvalue weighted by molar-refractivity contribution is 5.99. The fourth-order valence-electron chi connectivity index (χ4n) is 3.62. The Labute approximate surface area is 151 Å². The lowest BCUT2D eigenvalue weighted by Crippen LogP contribution is -2.34. The molecule has 7 heteroatoms. The molecular formula is C19H23FN2O4. The Morgan fingerprint density at radius 1 is 1.35 bits per heavy atom. The Balaban J connectivity index is 1.58. The van der Waals surface area contributed by atoms with Crippen LogP contribution in [0.25, 0.3) is 0 Å². The molecule has 0 aromatic heterocycles. The van der Waals surface area contributed by atoms with Gasteiger partial charge in [-0.2, -0.15) is 0 Å². The van der Waals surface area contributed by atoms with E-state index in [1.165, 1.54) is 23.1 Å². The molecule has 140 valence electrons. The second-order valence-corrected chi connectivity index (χ2v) is 6.84. The molecule has 0 atom stereocenters. The molecule has 1 heterocycles. The molecule has 6 nitrogen and oxygen atoms in total. The summed E-state index contributed by atoms with van der Waals surface area (Å²) in [5, 5.41) is 10.7. The van der Waals surface area contributed by atoms with E-state index in [4.69, 9.17) is 4.84 Å². The van der Waals surface area contributed by atoms with Gasteiger partial charge in [0.25, 0.3) is 5.91 Å². The molecular weight excluding hydrogens is 339 g/mol. The Hall–Kier alpha value is -2.41. The SMILES string of the molecule is CON(C)C(=O)C1CCC(C=CN2Cc3ccc(O)c(F)c3C2=O)CC1. The fourth-order valence-corrected chi connectivity index (χ4v) is 3.62. The third kappa shape index (κ3) is 3.44. The van der Waals surface area contributed by atoms with Gasteiger partial charge in [-0.15, -0.1) is 0 Å². The topological polar surface area (TPSA) is 70.1 Å². The first-order valence-corrected chi connectivity index (χ1v) is 8.73. The van der Waals surface area contributed by atoms with Crippen molar-refractivity contribution in [3.05, 3.63) is 41.4 Å². The first-order valence-electron chi connectivity index (χ1n) is 8.73. The maximum Gasteiger partial charge on any atom is 0.261 e. The van der Waals surface area contributed by atoms with E-state index >= 15 is 0 Å². The number of aromatic hydroxyl groups is 1. The highest BCUT2D eigenvalue weighted by atomic mass is 19.1. The van der Waals surface area contributed by atoms with E-state index in [9.17, 15) is 19.1 Å². The zero-order valence-corrected chi connectivity index (χ0v) is 14.9. The minimum absolute atomic E-state index is 0.00428. The third-order valence-corrected chi connectivity index (χ3v) is 5.27. The second-order valence-electron chi connectivity index (χ2n) is 6.84. The Morgan fingerprint density at radius 2 is 2.04 bits per heavy atom. The molecule has 1 aromatic rings. The summed E-state index contributed by atoms with van der Waals surface area (Å²) >= 11 is 0. The fraction of sp³-hybridized carbons (Fsp3) is 0.474. The van der Waals surface area contributed by atoms with Gasteiger partial charge in [-0.1, -0.05) is 12.1 Å². The molecule has 2 amide bonds. The Morgan fingerprint density at radius 3 is 2.69 bits per heavy atom. The van der Waals surface area contributed by atoms with E-state index in [2.05, 4.69) is 0 Å². The summed E-state index contributed by atoms with van der Waals surface area (Å²) in [5.74, 6) is -1.55. The summed E-state index contributed by atoms with van der Waals surface area (Å²) in [5.41, 5.74) is 0.526. The maximum atomic E-state index is 14.0. The molecule has 1 N–H and O–H groups in total. The number of halogens is 1. The van der Waals surface area contributed by atoms with Crippen molar-refractivity contribution >= 4 is 11.8 Å². The summed E-state index contributed by atoms with van der Waals surface area (Å²) in [6.45, 7) is 0.300. The first kappa shape index (κ1) is 18.4. The number of carbonyl (C=O) groups excluding carboxylic acids is 2. The molecule has 1 fully saturated rings.